The average molecular weight is 111 g/mol. The topological polar surface area (TPSA) is 45.0 Å². The second-order valence-corrected chi connectivity index (χ2v) is 1.45. The second kappa shape index (κ2) is 2.47. The molecule has 0 atom stereocenters. The van der Waals surface area contributed by atoms with Gasteiger partial charge in [-0.3, -0.25) is 0 Å². The molecule has 1 N–H and O–H groups in total. The maximum atomic E-state index is 8.36. The van der Waals surface area contributed by atoms with Crippen molar-refractivity contribution in [1.82, 2.24) is 0 Å². The summed E-state index contributed by atoms with van der Waals surface area (Å²) in [5.41, 5.74) is 0. The van der Waals surface area contributed by atoms with Gasteiger partial charge >= 0.3 is 0 Å². The van der Waals surface area contributed by atoms with E-state index < -0.39 is 0 Å². The lowest BCUT2D eigenvalue weighted by molar-refractivity contribution is 0.291. The van der Waals surface area contributed by atoms with Gasteiger partial charge in [0.25, 0.3) is 0 Å². The van der Waals surface area contributed by atoms with Gasteiger partial charge in [0, 0.05) is 0 Å². The first-order valence-electron chi connectivity index (χ1n) is 2.47. The zero-order valence-corrected chi connectivity index (χ0v) is 4.41. The molecule has 42 valence electrons. The van der Waals surface area contributed by atoms with E-state index in [1.807, 2.05) is 0 Å². The second-order valence-electron chi connectivity index (χ2n) is 1.45. The van der Waals surface area contributed by atoms with Crippen molar-refractivity contribution >= 4 is 12.4 Å². The SMILES string of the molecule is OCC[C+]1N=CC=N1. The molecule has 0 fully saturated rings. The Hall–Kier alpha value is -0.830. The van der Waals surface area contributed by atoms with Gasteiger partial charge in [-0.1, -0.05) is 9.98 Å². The first kappa shape index (κ1) is 5.31. The van der Waals surface area contributed by atoms with Crippen molar-refractivity contribution in [1.29, 1.82) is 0 Å². The average Bonchev–Trinajstić information content (AvgIpc) is 2.19. The normalized spacial score (nSPS) is 15.9. The lowest BCUT2D eigenvalue weighted by Gasteiger charge is -1.87. The van der Waals surface area contributed by atoms with E-state index in [2.05, 4.69) is 9.98 Å². The Kier molecular flexibility index (Phi) is 1.64. The summed E-state index contributed by atoms with van der Waals surface area (Å²) in [6.07, 6.45) is 4.51. The van der Waals surface area contributed by atoms with Gasteiger partial charge in [0.2, 0.25) is 6.17 Å². The molecule has 0 amide bonds. The highest BCUT2D eigenvalue weighted by Gasteiger charge is 2.13. The third-order valence-corrected chi connectivity index (χ3v) is 0.849. The fourth-order valence-corrected chi connectivity index (χ4v) is 0.501. The van der Waals surface area contributed by atoms with Crippen LogP contribution in [-0.2, 0) is 0 Å². The molecule has 0 saturated carbocycles. The van der Waals surface area contributed by atoms with Crippen LogP contribution < -0.4 is 0 Å². The Morgan fingerprint density at radius 3 is 2.50 bits per heavy atom. The quantitative estimate of drug-likeness (QED) is 0.501. The van der Waals surface area contributed by atoms with Gasteiger partial charge in [0.15, 0.2) is 12.4 Å². The maximum absolute atomic E-state index is 8.36. The molecule has 1 aliphatic heterocycles. The van der Waals surface area contributed by atoms with E-state index in [0.29, 0.717) is 12.6 Å². The van der Waals surface area contributed by atoms with Crippen LogP contribution in [0.5, 0.6) is 0 Å². The Balaban J connectivity index is 2.27. The number of hydrogen-bond acceptors (Lipinski definition) is 3. The van der Waals surface area contributed by atoms with Crippen LogP contribution in [0.25, 0.3) is 0 Å². The van der Waals surface area contributed by atoms with Gasteiger partial charge in [-0.25, -0.2) is 0 Å². The van der Waals surface area contributed by atoms with Crippen molar-refractivity contribution in [3.05, 3.63) is 6.17 Å². The van der Waals surface area contributed by atoms with Gasteiger partial charge in [-0.2, -0.15) is 0 Å². The van der Waals surface area contributed by atoms with Crippen molar-refractivity contribution in [3.63, 3.8) is 0 Å². The van der Waals surface area contributed by atoms with Gasteiger partial charge < -0.3 is 5.11 Å². The Labute approximate surface area is 47.8 Å². The molecule has 8 heavy (non-hydrogen) atoms. The van der Waals surface area contributed by atoms with E-state index in [-0.39, 0.29) is 6.61 Å². The van der Waals surface area contributed by atoms with Gasteiger partial charge in [0.1, 0.15) is 0 Å². The van der Waals surface area contributed by atoms with Crippen LogP contribution in [0.2, 0.25) is 0 Å². The Morgan fingerprint density at radius 1 is 1.38 bits per heavy atom. The molecule has 1 aliphatic rings. The lowest BCUT2D eigenvalue weighted by atomic mass is 10.4. The molecule has 3 nitrogen and oxygen atoms in total. The number of aliphatic hydroxyl groups is 1. The molecule has 1 heterocycles. The molecule has 3 heteroatoms. The summed E-state index contributed by atoms with van der Waals surface area (Å²) in [7, 11) is 0. The van der Waals surface area contributed by atoms with Crippen LogP contribution in [0.1, 0.15) is 6.42 Å². The van der Waals surface area contributed by atoms with Crippen molar-refractivity contribution in [2.45, 2.75) is 6.42 Å². The summed E-state index contributed by atoms with van der Waals surface area (Å²) in [5, 5.41) is 8.36. The largest absolute Gasteiger partial charge is 0.395 e. The number of aliphatic hydroxyl groups excluding tert-OH is 1. The van der Waals surface area contributed by atoms with E-state index in [1.54, 1.807) is 12.4 Å². The van der Waals surface area contributed by atoms with Crippen LogP contribution >= 0.6 is 0 Å². The van der Waals surface area contributed by atoms with Crippen molar-refractivity contribution in [2.75, 3.05) is 6.61 Å². The lowest BCUT2D eigenvalue weighted by Crippen LogP contribution is -1.89. The molecular formula is C5H7N2O+. The monoisotopic (exact) mass is 111 g/mol. The predicted molar refractivity (Wildman–Crippen MR) is 31.9 cm³/mol. The molecule has 0 aliphatic carbocycles. The summed E-state index contributed by atoms with van der Waals surface area (Å²) < 4.78 is 0. The Bertz CT molecular complexity index is 108. The van der Waals surface area contributed by atoms with E-state index >= 15 is 0 Å². The van der Waals surface area contributed by atoms with Crippen molar-refractivity contribution in [2.24, 2.45) is 9.98 Å². The maximum Gasteiger partial charge on any atom is 0.243 e. The number of nitrogens with zero attached hydrogens (tertiary/aromatic N) is 2. The summed E-state index contributed by atoms with van der Waals surface area (Å²) in [6.45, 7) is 0.129. The van der Waals surface area contributed by atoms with Crippen molar-refractivity contribution < 1.29 is 5.11 Å². The third-order valence-electron chi connectivity index (χ3n) is 0.849. The first-order chi connectivity index (χ1) is 3.93. The van der Waals surface area contributed by atoms with Crippen LogP contribution in [-0.4, -0.2) is 24.1 Å². The minimum atomic E-state index is 0.129. The highest BCUT2D eigenvalue weighted by molar-refractivity contribution is 6.18. The molecule has 0 radical (unpaired) electrons. The fraction of sp³-hybridized carbons (Fsp3) is 0.400. The highest BCUT2D eigenvalue weighted by Crippen LogP contribution is 2.09. The number of rotatable bonds is 2. The summed E-state index contributed by atoms with van der Waals surface area (Å²) >= 11 is 0. The van der Waals surface area contributed by atoms with Gasteiger partial charge in [0.05, 0.1) is 13.0 Å². The van der Waals surface area contributed by atoms with Crippen LogP contribution in [0.4, 0.5) is 0 Å². The molecular weight excluding hydrogens is 104 g/mol. The standard InChI is InChI=1S/C5H7N2O/c8-4-1-5-6-2-3-7-5/h2-3,8H,1,4H2/q+1. The van der Waals surface area contributed by atoms with Gasteiger partial charge in [-0.15, -0.1) is 0 Å². The highest BCUT2D eigenvalue weighted by atomic mass is 16.3. The fourth-order valence-electron chi connectivity index (χ4n) is 0.501. The van der Waals surface area contributed by atoms with Crippen LogP contribution in [0, 0.1) is 6.17 Å². The molecule has 0 bridgehead atoms. The number of hydrogen-bond donors (Lipinski definition) is 1. The van der Waals surface area contributed by atoms with Crippen molar-refractivity contribution in [3.8, 4) is 0 Å². The van der Waals surface area contributed by atoms with E-state index in [0.717, 1.165) is 0 Å². The third kappa shape index (κ3) is 1.07. The molecule has 1 rings (SSSR count). The Morgan fingerprint density at radius 2 is 2.00 bits per heavy atom. The van der Waals surface area contributed by atoms with E-state index in [1.165, 1.54) is 0 Å². The number of aliphatic imine (C=N–C) groups is 2. The van der Waals surface area contributed by atoms with E-state index in [4.69, 9.17) is 5.11 Å². The smallest absolute Gasteiger partial charge is 0.243 e. The zero-order chi connectivity index (χ0) is 5.82. The summed E-state index contributed by atoms with van der Waals surface area (Å²) in [6, 6.07) is 0. The summed E-state index contributed by atoms with van der Waals surface area (Å²) in [5.74, 6) is 0. The first-order valence-corrected chi connectivity index (χ1v) is 2.47. The molecule has 0 saturated heterocycles. The minimum Gasteiger partial charge on any atom is -0.395 e. The molecule has 0 spiro atoms. The molecule has 0 unspecified atom stereocenters. The molecule has 0 aromatic carbocycles. The van der Waals surface area contributed by atoms with Gasteiger partial charge in [-0.05, 0) is 0 Å². The van der Waals surface area contributed by atoms with Crippen LogP contribution in [0.3, 0.4) is 0 Å². The molecule has 0 aromatic rings. The summed E-state index contributed by atoms with van der Waals surface area (Å²) in [4.78, 5) is 7.67. The van der Waals surface area contributed by atoms with Crippen LogP contribution in [0.15, 0.2) is 9.98 Å². The van der Waals surface area contributed by atoms with E-state index in [9.17, 15) is 0 Å². The molecule has 0 aromatic heterocycles. The predicted octanol–water partition coefficient (Wildman–Crippen LogP) is 0.0135. The minimum absolute atomic E-state index is 0.129. The zero-order valence-electron chi connectivity index (χ0n) is 4.41.